The molecule has 1 aromatic heterocycles. The van der Waals surface area contributed by atoms with Crippen molar-refractivity contribution in [2.45, 2.75) is 25.8 Å². The molecule has 108 valence electrons. The van der Waals surface area contributed by atoms with Crippen LogP contribution in [0.2, 0.25) is 0 Å². The fourth-order valence-electron chi connectivity index (χ4n) is 2.33. The van der Waals surface area contributed by atoms with Crippen molar-refractivity contribution in [2.75, 3.05) is 19.6 Å². The minimum Gasteiger partial charge on any atom is -0.330 e. The second-order valence-corrected chi connectivity index (χ2v) is 7.64. The molecular weight excluding hydrogens is 282 g/mol. The first kappa shape index (κ1) is 14.9. The molecule has 0 bridgehead atoms. The highest BCUT2D eigenvalue weighted by Crippen LogP contribution is 2.22. The van der Waals surface area contributed by atoms with Gasteiger partial charge in [-0.05, 0) is 43.7 Å². The van der Waals surface area contributed by atoms with Crippen LogP contribution in [0.25, 0.3) is 0 Å². The number of nitrogens with zero attached hydrogens (tertiary/aromatic N) is 1. The van der Waals surface area contributed by atoms with E-state index in [0.29, 0.717) is 19.6 Å². The zero-order valence-corrected chi connectivity index (χ0v) is 12.7. The van der Waals surface area contributed by atoms with Crippen LogP contribution < -0.4 is 10.5 Å². The fraction of sp³-hybridized carbons (Fsp3) is 0.667. The van der Waals surface area contributed by atoms with Gasteiger partial charge in [-0.3, -0.25) is 0 Å². The summed E-state index contributed by atoms with van der Waals surface area (Å²) in [5.74, 6) is 0.280. The summed E-state index contributed by atoms with van der Waals surface area (Å²) >= 11 is 1.56. The molecule has 3 N–H and O–H groups in total. The minimum atomic E-state index is -3.42. The summed E-state index contributed by atoms with van der Waals surface area (Å²) in [6, 6.07) is 3.68. The summed E-state index contributed by atoms with van der Waals surface area (Å²) in [4.78, 5) is 1.02. The molecule has 0 radical (unpaired) electrons. The van der Waals surface area contributed by atoms with Crippen LogP contribution in [0.3, 0.4) is 0 Å². The molecule has 0 aliphatic carbocycles. The maximum Gasteiger partial charge on any atom is 0.280 e. The number of nitrogens with two attached hydrogens (primary N) is 1. The summed E-state index contributed by atoms with van der Waals surface area (Å²) in [6.45, 7) is 3.53. The van der Waals surface area contributed by atoms with E-state index >= 15 is 0 Å². The molecule has 2 rings (SSSR count). The Kier molecular flexibility index (Phi) is 4.97. The predicted octanol–water partition coefficient (Wildman–Crippen LogP) is 1.31. The Balaban J connectivity index is 2.01. The molecule has 0 amide bonds. The number of thiophene rings is 1. The van der Waals surface area contributed by atoms with Gasteiger partial charge >= 0.3 is 0 Å². The fourth-order valence-corrected chi connectivity index (χ4v) is 4.64. The van der Waals surface area contributed by atoms with Crippen LogP contribution in [0, 0.1) is 5.92 Å². The van der Waals surface area contributed by atoms with Crippen molar-refractivity contribution in [3.05, 3.63) is 22.4 Å². The molecule has 2 unspecified atom stereocenters. The van der Waals surface area contributed by atoms with E-state index in [1.807, 2.05) is 24.4 Å². The first-order chi connectivity index (χ1) is 9.03. The van der Waals surface area contributed by atoms with E-state index < -0.39 is 10.2 Å². The quantitative estimate of drug-likeness (QED) is 0.861. The molecule has 0 aromatic carbocycles. The number of hydrogen-bond donors (Lipinski definition) is 2. The number of piperidine rings is 1. The van der Waals surface area contributed by atoms with Crippen LogP contribution in [-0.2, 0) is 10.2 Å². The van der Waals surface area contributed by atoms with Crippen LogP contribution in [0.1, 0.15) is 30.7 Å². The lowest BCUT2D eigenvalue weighted by molar-refractivity contribution is 0.267. The second-order valence-electron chi connectivity index (χ2n) is 4.96. The van der Waals surface area contributed by atoms with E-state index in [0.717, 1.165) is 17.7 Å². The van der Waals surface area contributed by atoms with E-state index in [1.165, 1.54) is 4.31 Å². The van der Waals surface area contributed by atoms with Gasteiger partial charge < -0.3 is 5.73 Å². The number of rotatable bonds is 5. The lowest BCUT2D eigenvalue weighted by atomic mass is 10.0. The summed E-state index contributed by atoms with van der Waals surface area (Å²) in [5.41, 5.74) is 5.65. The smallest absolute Gasteiger partial charge is 0.280 e. The highest BCUT2D eigenvalue weighted by Gasteiger charge is 2.29. The van der Waals surface area contributed by atoms with Crippen molar-refractivity contribution in [1.82, 2.24) is 9.03 Å². The van der Waals surface area contributed by atoms with Gasteiger partial charge in [-0.2, -0.15) is 17.4 Å². The molecule has 2 heterocycles. The molecule has 5 nitrogen and oxygen atoms in total. The zero-order valence-electron chi connectivity index (χ0n) is 11.1. The van der Waals surface area contributed by atoms with Gasteiger partial charge in [0.2, 0.25) is 0 Å². The molecule has 19 heavy (non-hydrogen) atoms. The summed E-state index contributed by atoms with van der Waals surface area (Å²) in [7, 11) is -3.42. The Hall–Kier alpha value is -0.470. The van der Waals surface area contributed by atoms with Crippen LogP contribution in [0.15, 0.2) is 17.5 Å². The molecular formula is C12H21N3O2S2. The molecule has 1 fully saturated rings. The predicted molar refractivity (Wildman–Crippen MR) is 78.1 cm³/mol. The lowest BCUT2D eigenvalue weighted by Crippen LogP contribution is -2.47. The van der Waals surface area contributed by atoms with Gasteiger partial charge in [0.1, 0.15) is 0 Å². The van der Waals surface area contributed by atoms with Crippen LogP contribution in [0.4, 0.5) is 0 Å². The maximum absolute atomic E-state index is 12.3. The standard InChI is InChI=1S/C12H21N3O2S2/c1-10(12-5-3-7-18-12)14-19(16,17)15-6-2-4-11(8-13)9-15/h3,5,7,10-11,14H,2,4,6,8-9,13H2,1H3. The summed E-state index contributed by atoms with van der Waals surface area (Å²) in [6.07, 6.45) is 1.90. The molecule has 0 saturated carbocycles. The highest BCUT2D eigenvalue weighted by molar-refractivity contribution is 7.87. The van der Waals surface area contributed by atoms with Crippen LogP contribution >= 0.6 is 11.3 Å². The monoisotopic (exact) mass is 303 g/mol. The number of nitrogens with one attached hydrogen (secondary N) is 1. The van der Waals surface area contributed by atoms with E-state index in [9.17, 15) is 8.42 Å². The van der Waals surface area contributed by atoms with E-state index in [-0.39, 0.29) is 12.0 Å². The zero-order chi connectivity index (χ0) is 13.9. The SMILES string of the molecule is CC(NS(=O)(=O)N1CCCC(CN)C1)c1cccs1. The van der Waals surface area contributed by atoms with E-state index in [1.54, 1.807) is 11.3 Å². The Morgan fingerprint density at radius 3 is 3.05 bits per heavy atom. The first-order valence-corrected chi connectivity index (χ1v) is 8.86. The molecule has 7 heteroatoms. The Morgan fingerprint density at radius 1 is 1.63 bits per heavy atom. The van der Waals surface area contributed by atoms with Gasteiger partial charge in [0.15, 0.2) is 0 Å². The Labute approximate surface area is 119 Å². The Bertz CT molecular complexity index is 487. The third-order valence-corrected chi connectivity index (χ3v) is 6.17. The molecule has 1 saturated heterocycles. The maximum atomic E-state index is 12.3. The second kappa shape index (κ2) is 6.32. The minimum absolute atomic E-state index is 0.191. The van der Waals surface area contributed by atoms with Crippen molar-refractivity contribution >= 4 is 21.5 Å². The lowest BCUT2D eigenvalue weighted by Gasteiger charge is -2.32. The molecule has 1 aliphatic heterocycles. The van der Waals surface area contributed by atoms with Gasteiger partial charge in [0.05, 0.1) is 6.04 Å². The highest BCUT2D eigenvalue weighted by atomic mass is 32.2. The molecule has 1 aliphatic rings. The van der Waals surface area contributed by atoms with E-state index in [4.69, 9.17) is 5.73 Å². The van der Waals surface area contributed by atoms with Crippen molar-refractivity contribution in [3.63, 3.8) is 0 Å². The van der Waals surface area contributed by atoms with Crippen molar-refractivity contribution in [1.29, 1.82) is 0 Å². The normalized spacial score (nSPS) is 23.4. The summed E-state index contributed by atoms with van der Waals surface area (Å²) < 4.78 is 28.9. The molecule has 2 atom stereocenters. The van der Waals surface area contributed by atoms with Crippen molar-refractivity contribution in [2.24, 2.45) is 11.7 Å². The molecule has 0 spiro atoms. The molecule has 1 aromatic rings. The van der Waals surface area contributed by atoms with E-state index in [2.05, 4.69) is 4.72 Å². The van der Waals surface area contributed by atoms with Gasteiger partial charge in [0.25, 0.3) is 10.2 Å². The van der Waals surface area contributed by atoms with Gasteiger partial charge in [0, 0.05) is 18.0 Å². The van der Waals surface area contributed by atoms with Crippen LogP contribution in [-0.4, -0.2) is 32.4 Å². The first-order valence-electron chi connectivity index (χ1n) is 6.54. The van der Waals surface area contributed by atoms with Crippen LogP contribution in [0.5, 0.6) is 0 Å². The topological polar surface area (TPSA) is 75.4 Å². The average Bonchev–Trinajstić information content (AvgIpc) is 2.92. The largest absolute Gasteiger partial charge is 0.330 e. The van der Waals surface area contributed by atoms with Gasteiger partial charge in [-0.1, -0.05) is 6.07 Å². The number of hydrogen-bond acceptors (Lipinski definition) is 4. The van der Waals surface area contributed by atoms with Crippen molar-refractivity contribution in [3.8, 4) is 0 Å². The average molecular weight is 303 g/mol. The van der Waals surface area contributed by atoms with Gasteiger partial charge in [-0.25, -0.2) is 0 Å². The Morgan fingerprint density at radius 2 is 2.42 bits per heavy atom. The van der Waals surface area contributed by atoms with Crippen molar-refractivity contribution < 1.29 is 8.42 Å². The third kappa shape index (κ3) is 3.76. The summed E-state index contributed by atoms with van der Waals surface area (Å²) in [5, 5.41) is 1.95. The van der Waals surface area contributed by atoms with Gasteiger partial charge in [-0.15, -0.1) is 11.3 Å². The third-order valence-electron chi connectivity index (χ3n) is 3.45.